The topological polar surface area (TPSA) is 88.5 Å². The average molecular weight is 365 g/mol. The molecule has 0 bridgehead atoms. The van der Waals surface area contributed by atoms with Crippen LogP contribution >= 0.6 is 0 Å². The number of ether oxygens (including phenoxy) is 2. The summed E-state index contributed by atoms with van der Waals surface area (Å²) in [6, 6.07) is 12.2. The molecule has 0 fully saturated rings. The van der Waals surface area contributed by atoms with Gasteiger partial charge >= 0.3 is 7.48 Å². The highest BCUT2D eigenvalue weighted by molar-refractivity contribution is 6.45. The minimum Gasteiger partial charge on any atom is -0.486 e. The van der Waals surface area contributed by atoms with Gasteiger partial charge < -0.3 is 25.1 Å². The van der Waals surface area contributed by atoms with Gasteiger partial charge in [-0.1, -0.05) is 17.6 Å². The largest absolute Gasteiger partial charge is 0.486 e. The summed E-state index contributed by atoms with van der Waals surface area (Å²) in [6.07, 6.45) is 1.08. The van der Waals surface area contributed by atoms with Gasteiger partial charge in [-0.15, -0.1) is 0 Å². The van der Waals surface area contributed by atoms with Crippen LogP contribution in [0.3, 0.4) is 0 Å². The van der Waals surface area contributed by atoms with Crippen LogP contribution in [-0.4, -0.2) is 35.7 Å². The van der Waals surface area contributed by atoms with Crippen molar-refractivity contribution >= 4 is 36.1 Å². The van der Waals surface area contributed by atoms with Gasteiger partial charge in [0, 0.05) is 17.4 Å². The lowest BCUT2D eigenvalue weighted by molar-refractivity contribution is 0.171. The first-order valence-electron chi connectivity index (χ1n) is 8.25. The molecule has 0 spiro atoms. The SMILES string of the molecule is O[B]c1cccc(Nc2ncc(F)c(Nc3ccc4c(c3)OCCO4)n2)c1. The van der Waals surface area contributed by atoms with Crippen LogP contribution in [0.1, 0.15) is 0 Å². The van der Waals surface area contributed by atoms with E-state index in [4.69, 9.17) is 14.5 Å². The molecule has 0 unspecified atom stereocenters. The van der Waals surface area contributed by atoms with Crippen molar-refractivity contribution in [2.45, 2.75) is 0 Å². The van der Waals surface area contributed by atoms with Gasteiger partial charge in [0.2, 0.25) is 5.95 Å². The molecule has 0 atom stereocenters. The number of hydrogen-bond donors (Lipinski definition) is 3. The van der Waals surface area contributed by atoms with Crippen molar-refractivity contribution in [3.63, 3.8) is 0 Å². The lowest BCUT2D eigenvalue weighted by atomic mass is 9.89. The zero-order valence-corrected chi connectivity index (χ0v) is 14.1. The molecule has 3 N–H and O–H groups in total. The highest BCUT2D eigenvalue weighted by atomic mass is 19.1. The molecule has 4 rings (SSSR count). The third-order valence-corrected chi connectivity index (χ3v) is 3.84. The molecular weight excluding hydrogens is 350 g/mol. The number of anilines is 4. The molecule has 2 aromatic carbocycles. The van der Waals surface area contributed by atoms with E-state index in [0.717, 1.165) is 13.7 Å². The normalized spacial score (nSPS) is 12.4. The molecule has 3 aromatic rings. The molecule has 0 saturated heterocycles. The van der Waals surface area contributed by atoms with Gasteiger partial charge in [0.15, 0.2) is 23.1 Å². The fraction of sp³-hybridized carbons (Fsp3) is 0.111. The van der Waals surface area contributed by atoms with Crippen LogP contribution in [-0.2, 0) is 0 Å². The molecule has 1 aliphatic heterocycles. The molecular formula is C18H15BFN4O3. The summed E-state index contributed by atoms with van der Waals surface area (Å²) in [4.78, 5) is 8.12. The average Bonchev–Trinajstić information content (AvgIpc) is 2.70. The number of fused-ring (bicyclic) bond motifs is 1. The molecule has 2 heterocycles. The van der Waals surface area contributed by atoms with Crippen LogP contribution < -0.4 is 25.6 Å². The smallest absolute Gasteiger partial charge is 0.326 e. The second kappa shape index (κ2) is 7.51. The Bertz CT molecular complexity index is 973. The Morgan fingerprint density at radius 2 is 1.81 bits per heavy atom. The summed E-state index contributed by atoms with van der Waals surface area (Å²) in [5, 5.41) is 15.0. The first-order chi connectivity index (χ1) is 13.2. The standard InChI is InChI=1S/C18H15BFN4O3/c20-14-10-21-18(23-12-3-1-2-11(8-12)19-25)24-17(14)22-13-4-5-15-16(9-13)27-7-6-26-15/h1-5,8-10,25H,6-7H2,(H2,21,22,23,24). The first-order valence-corrected chi connectivity index (χ1v) is 8.25. The predicted molar refractivity (Wildman–Crippen MR) is 100 cm³/mol. The van der Waals surface area contributed by atoms with Gasteiger partial charge in [0.05, 0.1) is 6.20 Å². The molecule has 135 valence electrons. The van der Waals surface area contributed by atoms with Crippen LogP contribution in [0.4, 0.5) is 27.5 Å². The molecule has 1 aromatic heterocycles. The third kappa shape index (κ3) is 3.93. The second-order valence-electron chi connectivity index (χ2n) is 5.75. The van der Waals surface area contributed by atoms with Crippen molar-refractivity contribution < 1.29 is 18.9 Å². The number of hydrogen-bond acceptors (Lipinski definition) is 7. The maximum Gasteiger partial charge on any atom is 0.326 e. The molecule has 9 heteroatoms. The summed E-state index contributed by atoms with van der Waals surface area (Å²) >= 11 is 0. The van der Waals surface area contributed by atoms with Crippen LogP contribution in [0.15, 0.2) is 48.7 Å². The summed E-state index contributed by atoms with van der Waals surface area (Å²) in [5.41, 5.74) is 1.89. The second-order valence-corrected chi connectivity index (χ2v) is 5.75. The molecule has 0 saturated carbocycles. The zero-order valence-electron chi connectivity index (χ0n) is 14.1. The Kier molecular flexibility index (Phi) is 4.76. The zero-order chi connectivity index (χ0) is 18.6. The van der Waals surface area contributed by atoms with Crippen molar-refractivity contribution in [3.8, 4) is 11.5 Å². The van der Waals surface area contributed by atoms with Crippen LogP contribution in [0.2, 0.25) is 0 Å². The van der Waals surface area contributed by atoms with Crippen molar-refractivity contribution in [1.82, 2.24) is 9.97 Å². The first kappa shape index (κ1) is 17.1. The van der Waals surface area contributed by atoms with Crippen molar-refractivity contribution in [2.24, 2.45) is 0 Å². The molecule has 1 radical (unpaired) electrons. The molecule has 7 nitrogen and oxygen atoms in total. The summed E-state index contributed by atoms with van der Waals surface area (Å²) in [6.45, 7) is 0.974. The van der Waals surface area contributed by atoms with Gasteiger partial charge in [-0.25, -0.2) is 9.37 Å². The van der Waals surface area contributed by atoms with E-state index in [0.29, 0.717) is 41.6 Å². The summed E-state index contributed by atoms with van der Waals surface area (Å²) in [7, 11) is 0.992. The number of rotatable bonds is 5. The highest BCUT2D eigenvalue weighted by Gasteiger charge is 2.13. The van der Waals surface area contributed by atoms with Crippen LogP contribution in [0.25, 0.3) is 0 Å². The fourth-order valence-electron chi connectivity index (χ4n) is 2.60. The molecule has 1 aliphatic rings. The Hall–Kier alpha value is -3.33. The van der Waals surface area contributed by atoms with Gasteiger partial charge in [0.25, 0.3) is 0 Å². The lowest BCUT2D eigenvalue weighted by Gasteiger charge is -2.19. The minimum absolute atomic E-state index is 0.0223. The number of nitrogens with zero attached hydrogens (tertiary/aromatic N) is 2. The molecule has 27 heavy (non-hydrogen) atoms. The lowest BCUT2D eigenvalue weighted by Crippen LogP contribution is -2.15. The van der Waals surface area contributed by atoms with Crippen LogP contribution in [0, 0.1) is 5.82 Å². The number of nitrogens with one attached hydrogen (secondary N) is 2. The van der Waals surface area contributed by atoms with E-state index in [1.165, 1.54) is 0 Å². The maximum absolute atomic E-state index is 14.1. The highest BCUT2D eigenvalue weighted by Crippen LogP contribution is 2.33. The Morgan fingerprint density at radius 1 is 1.00 bits per heavy atom. The molecule has 0 aliphatic carbocycles. The monoisotopic (exact) mass is 365 g/mol. The van der Waals surface area contributed by atoms with Gasteiger partial charge in [0.1, 0.15) is 13.2 Å². The van der Waals surface area contributed by atoms with Gasteiger partial charge in [-0.2, -0.15) is 4.98 Å². The molecule has 0 amide bonds. The van der Waals surface area contributed by atoms with Gasteiger partial charge in [-0.3, -0.25) is 0 Å². The minimum atomic E-state index is -0.590. The fourth-order valence-corrected chi connectivity index (χ4v) is 2.60. The number of halogens is 1. The summed E-state index contributed by atoms with van der Waals surface area (Å²) in [5.74, 6) is 0.891. The Morgan fingerprint density at radius 3 is 2.67 bits per heavy atom. The van der Waals surface area contributed by atoms with E-state index in [1.54, 1.807) is 42.5 Å². The quantitative estimate of drug-likeness (QED) is 0.597. The van der Waals surface area contributed by atoms with E-state index in [-0.39, 0.29) is 11.8 Å². The predicted octanol–water partition coefficient (Wildman–Crippen LogP) is 2.11. The third-order valence-electron chi connectivity index (χ3n) is 3.84. The van der Waals surface area contributed by atoms with Gasteiger partial charge in [-0.05, 0) is 24.3 Å². The van der Waals surface area contributed by atoms with E-state index < -0.39 is 5.82 Å². The number of aromatic nitrogens is 2. The van der Waals surface area contributed by atoms with E-state index in [2.05, 4.69) is 20.6 Å². The maximum atomic E-state index is 14.1. The number of benzene rings is 2. The van der Waals surface area contributed by atoms with Crippen LogP contribution in [0.5, 0.6) is 11.5 Å². The van der Waals surface area contributed by atoms with Crippen molar-refractivity contribution in [2.75, 3.05) is 23.8 Å². The van der Waals surface area contributed by atoms with Crippen molar-refractivity contribution in [1.29, 1.82) is 0 Å². The van der Waals surface area contributed by atoms with E-state index in [9.17, 15) is 4.39 Å². The van der Waals surface area contributed by atoms with E-state index >= 15 is 0 Å². The van der Waals surface area contributed by atoms with E-state index in [1.807, 2.05) is 0 Å². The Labute approximate surface area is 155 Å². The van der Waals surface area contributed by atoms with Crippen molar-refractivity contribution in [3.05, 3.63) is 54.5 Å². The Balaban J connectivity index is 1.55. The summed E-state index contributed by atoms with van der Waals surface area (Å²) < 4.78 is 25.1.